The van der Waals surface area contributed by atoms with Gasteiger partial charge in [-0.25, -0.2) is 0 Å². The highest BCUT2D eigenvalue weighted by Crippen LogP contribution is 2.22. The number of benzene rings is 1. The van der Waals surface area contributed by atoms with E-state index in [-0.39, 0.29) is 0 Å². The van der Waals surface area contributed by atoms with Crippen LogP contribution in [0.4, 0.5) is 5.69 Å². The fourth-order valence-corrected chi connectivity index (χ4v) is 1.74. The van der Waals surface area contributed by atoms with Crippen LogP contribution in [0.15, 0.2) is 33.7 Å². The molecule has 0 atom stereocenters. The minimum Gasteiger partial charge on any atom is -0.343 e. The van der Waals surface area contributed by atoms with E-state index in [1.165, 1.54) is 6.42 Å². The van der Waals surface area contributed by atoms with E-state index < -0.39 is 0 Å². The normalized spacial score (nSPS) is 15.6. The summed E-state index contributed by atoms with van der Waals surface area (Å²) in [4.78, 5) is 4.36. The summed E-state index contributed by atoms with van der Waals surface area (Å²) >= 11 is 3.49. The molecule has 1 heterocycles. The summed E-state index contributed by atoms with van der Waals surface area (Å²) in [5.41, 5.74) is 1.10. The van der Waals surface area contributed by atoms with Gasteiger partial charge in [0, 0.05) is 17.4 Å². The minimum atomic E-state index is 0.965. The lowest BCUT2D eigenvalue weighted by Gasteiger charge is -2.06. The predicted molar refractivity (Wildman–Crippen MR) is 59.3 cm³/mol. The number of para-hydroxylation sites is 1. The van der Waals surface area contributed by atoms with Gasteiger partial charge in [-0.3, -0.25) is 4.99 Å². The second-order valence-corrected chi connectivity index (χ2v) is 3.89. The Balaban J connectivity index is 2.13. The van der Waals surface area contributed by atoms with Gasteiger partial charge in [-0.2, -0.15) is 0 Å². The van der Waals surface area contributed by atoms with Crippen molar-refractivity contribution in [3.63, 3.8) is 0 Å². The molecule has 2 rings (SSSR count). The standard InChI is InChI=1S/C10H11BrN2/c11-8-4-1-2-5-9(8)13-10-6-3-7-12-10/h1-2,4-5H,3,6-7H2,(H,12,13). The highest BCUT2D eigenvalue weighted by atomic mass is 79.9. The van der Waals surface area contributed by atoms with Crippen LogP contribution in [0.5, 0.6) is 0 Å². The second-order valence-electron chi connectivity index (χ2n) is 3.04. The van der Waals surface area contributed by atoms with Crippen LogP contribution in [0, 0.1) is 0 Å². The smallest absolute Gasteiger partial charge is 0.101 e. The Morgan fingerprint density at radius 2 is 2.15 bits per heavy atom. The minimum absolute atomic E-state index is 0.965. The lowest BCUT2D eigenvalue weighted by atomic mass is 10.3. The molecule has 0 bridgehead atoms. The van der Waals surface area contributed by atoms with E-state index in [1.54, 1.807) is 0 Å². The van der Waals surface area contributed by atoms with Gasteiger partial charge in [0.15, 0.2) is 0 Å². The molecular formula is C10H11BrN2. The van der Waals surface area contributed by atoms with Gasteiger partial charge in [0.1, 0.15) is 5.84 Å². The van der Waals surface area contributed by atoms with Gasteiger partial charge in [-0.15, -0.1) is 0 Å². The fourth-order valence-electron chi connectivity index (χ4n) is 1.36. The first-order chi connectivity index (χ1) is 6.36. The number of halogens is 1. The zero-order valence-electron chi connectivity index (χ0n) is 7.26. The van der Waals surface area contributed by atoms with Crippen molar-refractivity contribution in [3.8, 4) is 0 Å². The maximum absolute atomic E-state index is 4.36. The van der Waals surface area contributed by atoms with Crippen molar-refractivity contribution in [1.82, 2.24) is 0 Å². The fraction of sp³-hybridized carbons (Fsp3) is 0.300. The van der Waals surface area contributed by atoms with Crippen molar-refractivity contribution in [2.75, 3.05) is 11.9 Å². The van der Waals surface area contributed by atoms with Crippen LogP contribution in [-0.2, 0) is 0 Å². The number of aliphatic imine (C=N–C) groups is 1. The third-order valence-electron chi connectivity index (χ3n) is 2.03. The van der Waals surface area contributed by atoms with Gasteiger partial charge in [0.2, 0.25) is 0 Å². The van der Waals surface area contributed by atoms with E-state index in [2.05, 4.69) is 26.2 Å². The summed E-state index contributed by atoms with van der Waals surface area (Å²) in [5, 5.41) is 3.31. The highest BCUT2D eigenvalue weighted by molar-refractivity contribution is 9.10. The molecule has 1 aliphatic heterocycles. The molecule has 1 N–H and O–H groups in total. The molecular weight excluding hydrogens is 228 g/mol. The molecule has 2 nitrogen and oxygen atoms in total. The van der Waals surface area contributed by atoms with Crippen LogP contribution in [-0.4, -0.2) is 12.4 Å². The van der Waals surface area contributed by atoms with Crippen LogP contribution in [0.25, 0.3) is 0 Å². The monoisotopic (exact) mass is 238 g/mol. The summed E-state index contributed by atoms with van der Waals surface area (Å²) in [6.45, 7) is 0.965. The van der Waals surface area contributed by atoms with Gasteiger partial charge in [-0.05, 0) is 34.5 Å². The molecule has 1 aromatic rings. The summed E-state index contributed by atoms with van der Waals surface area (Å²) in [6.07, 6.45) is 2.24. The van der Waals surface area contributed by atoms with Crippen molar-refractivity contribution >= 4 is 27.5 Å². The van der Waals surface area contributed by atoms with Crippen molar-refractivity contribution in [1.29, 1.82) is 0 Å². The molecule has 0 fully saturated rings. The first kappa shape index (κ1) is 8.75. The summed E-state index contributed by atoms with van der Waals surface area (Å²) in [7, 11) is 0. The average Bonchev–Trinajstić information content (AvgIpc) is 2.61. The summed E-state index contributed by atoms with van der Waals surface area (Å²) < 4.78 is 1.09. The number of nitrogens with one attached hydrogen (secondary N) is 1. The molecule has 1 aromatic carbocycles. The maximum Gasteiger partial charge on any atom is 0.101 e. The molecule has 0 unspecified atom stereocenters. The van der Waals surface area contributed by atoms with Crippen molar-refractivity contribution in [2.45, 2.75) is 12.8 Å². The molecule has 68 valence electrons. The van der Waals surface area contributed by atoms with E-state index in [0.717, 1.165) is 29.0 Å². The van der Waals surface area contributed by atoms with Gasteiger partial charge in [-0.1, -0.05) is 12.1 Å². The van der Waals surface area contributed by atoms with Crippen molar-refractivity contribution < 1.29 is 0 Å². The van der Waals surface area contributed by atoms with Crippen molar-refractivity contribution in [2.24, 2.45) is 4.99 Å². The Kier molecular flexibility index (Phi) is 2.64. The quantitative estimate of drug-likeness (QED) is 0.800. The van der Waals surface area contributed by atoms with Crippen LogP contribution < -0.4 is 5.32 Å². The molecule has 0 amide bonds. The van der Waals surface area contributed by atoms with Gasteiger partial charge >= 0.3 is 0 Å². The van der Waals surface area contributed by atoms with E-state index in [4.69, 9.17) is 0 Å². The molecule has 0 saturated carbocycles. The predicted octanol–water partition coefficient (Wildman–Crippen LogP) is 3.05. The topological polar surface area (TPSA) is 24.4 Å². The van der Waals surface area contributed by atoms with Crippen LogP contribution in [0.3, 0.4) is 0 Å². The number of amidine groups is 1. The molecule has 0 saturated heterocycles. The van der Waals surface area contributed by atoms with E-state index in [9.17, 15) is 0 Å². The number of anilines is 1. The van der Waals surface area contributed by atoms with Crippen molar-refractivity contribution in [3.05, 3.63) is 28.7 Å². The molecule has 3 heteroatoms. The molecule has 0 radical (unpaired) electrons. The molecule has 0 spiro atoms. The first-order valence-corrected chi connectivity index (χ1v) is 5.20. The third-order valence-corrected chi connectivity index (χ3v) is 2.72. The molecule has 1 aliphatic rings. The largest absolute Gasteiger partial charge is 0.343 e. The zero-order valence-corrected chi connectivity index (χ0v) is 8.84. The number of hydrogen-bond acceptors (Lipinski definition) is 2. The Morgan fingerprint density at radius 3 is 2.85 bits per heavy atom. The zero-order chi connectivity index (χ0) is 9.10. The molecule has 0 aromatic heterocycles. The van der Waals surface area contributed by atoms with Crippen LogP contribution >= 0.6 is 15.9 Å². The molecule has 13 heavy (non-hydrogen) atoms. The Hall–Kier alpha value is -0.830. The van der Waals surface area contributed by atoms with Gasteiger partial charge in [0.25, 0.3) is 0 Å². The summed E-state index contributed by atoms with van der Waals surface area (Å²) in [5.74, 6) is 1.10. The number of rotatable bonds is 1. The first-order valence-electron chi connectivity index (χ1n) is 4.41. The van der Waals surface area contributed by atoms with Crippen LogP contribution in [0.1, 0.15) is 12.8 Å². The second kappa shape index (κ2) is 3.92. The summed E-state index contributed by atoms with van der Waals surface area (Å²) in [6, 6.07) is 8.09. The third kappa shape index (κ3) is 2.10. The highest BCUT2D eigenvalue weighted by Gasteiger charge is 2.06. The Morgan fingerprint density at radius 1 is 1.31 bits per heavy atom. The lowest BCUT2D eigenvalue weighted by molar-refractivity contribution is 0.951. The van der Waals surface area contributed by atoms with E-state index in [1.807, 2.05) is 24.3 Å². The van der Waals surface area contributed by atoms with Gasteiger partial charge in [0.05, 0.1) is 5.69 Å². The lowest BCUT2D eigenvalue weighted by Crippen LogP contribution is -2.08. The maximum atomic E-state index is 4.36. The van der Waals surface area contributed by atoms with E-state index >= 15 is 0 Å². The van der Waals surface area contributed by atoms with E-state index in [0.29, 0.717) is 0 Å². The molecule has 0 aliphatic carbocycles. The Bertz CT molecular complexity index is 333. The number of hydrogen-bond donors (Lipinski definition) is 1. The Labute approximate surface area is 86.2 Å². The van der Waals surface area contributed by atoms with Crippen LogP contribution in [0.2, 0.25) is 0 Å². The number of nitrogens with zero attached hydrogens (tertiary/aromatic N) is 1. The van der Waals surface area contributed by atoms with Gasteiger partial charge < -0.3 is 5.32 Å². The average molecular weight is 239 g/mol. The SMILES string of the molecule is Brc1ccccc1NC1=NCCC1.